The van der Waals surface area contributed by atoms with Gasteiger partial charge >= 0.3 is 0 Å². The molecular weight excluding hydrogens is 400 g/mol. The van der Waals surface area contributed by atoms with Gasteiger partial charge in [0, 0.05) is 29.9 Å². The minimum absolute atomic E-state index is 0.0878. The highest BCUT2D eigenvalue weighted by molar-refractivity contribution is 6.30. The zero-order chi connectivity index (χ0) is 20.7. The zero-order valence-corrected chi connectivity index (χ0v) is 17.3. The molecule has 3 aromatic heterocycles. The van der Waals surface area contributed by atoms with Crippen molar-refractivity contribution in [2.75, 3.05) is 6.54 Å². The Balaban J connectivity index is 1.37. The van der Waals surface area contributed by atoms with Gasteiger partial charge in [-0.1, -0.05) is 29.8 Å². The summed E-state index contributed by atoms with van der Waals surface area (Å²) in [5, 5.41) is 0.697. The number of pyridine rings is 1. The van der Waals surface area contributed by atoms with Crippen molar-refractivity contribution in [3.63, 3.8) is 0 Å². The normalized spacial score (nSPS) is 16.5. The molecule has 4 heterocycles. The molecule has 7 heteroatoms. The smallest absolute Gasteiger partial charge is 0.274 e. The van der Waals surface area contributed by atoms with Crippen LogP contribution in [0.5, 0.6) is 0 Å². The molecule has 4 aromatic rings. The van der Waals surface area contributed by atoms with E-state index < -0.39 is 0 Å². The molecule has 0 saturated carbocycles. The van der Waals surface area contributed by atoms with E-state index >= 15 is 0 Å². The largest absolute Gasteiger partial charge is 0.443 e. The second-order valence-corrected chi connectivity index (χ2v) is 8.09. The van der Waals surface area contributed by atoms with Crippen molar-refractivity contribution in [2.24, 2.45) is 0 Å². The Hall–Kier alpha value is -3.12. The average Bonchev–Trinajstić information content (AvgIpc) is 3.47. The maximum atomic E-state index is 13.2. The molecule has 0 aliphatic carbocycles. The van der Waals surface area contributed by atoms with Crippen LogP contribution in [0, 0.1) is 6.92 Å². The predicted octanol–water partition coefficient (Wildman–Crippen LogP) is 4.85. The minimum Gasteiger partial charge on any atom is -0.443 e. The van der Waals surface area contributed by atoms with E-state index in [1.807, 2.05) is 64.9 Å². The highest BCUT2D eigenvalue weighted by Gasteiger charge is 2.34. The number of carbonyl (C=O) groups is 1. The van der Waals surface area contributed by atoms with Crippen molar-refractivity contribution in [2.45, 2.75) is 32.2 Å². The second kappa shape index (κ2) is 7.61. The first-order valence-electron chi connectivity index (χ1n) is 10.0. The first kappa shape index (κ1) is 18.9. The van der Waals surface area contributed by atoms with Crippen LogP contribution < -0.4 is 0 Å². The monoisotopic (exact) mass is 420 g/mol. The SMILES string of the molecule is Cc1cccc2nc(C(=O)N3CCC[C@H]3c3ncc(Cc4cccc(Cl)c4)o3)cn12. The molecule has 0 spiro atoms. The van der Waals surface area contributed by atoms with Crippen molar-refractivity contribution in [3.05, 3.63) is 88.5 Å². The standard InChI is InChI=1S/C23H21ClN4O2/c1-15-5-2-9-21-26-19(14-28(15)21)23(29)27-10-4-8-20(27)22-25-13-18(30-22)12-16-6-3-7-17(24)11-16/h2-3,5-7,9,11,13-14,20H,4,8,10,12H2,1H3/t20-/m0/s1. The van der Waals surface area contributed by atoms with Gasteiger partial charge in [-0.25, -0.2) is 9.97 Å². The van der Waals surface area contributed by atoms with Crippen molar-refractivity contribution in [1.82, 2.24) is 19.3 Å². The number of benzene rings is 1. The lowest BCUT2D eigenvalue weighted by Crippen LogP contribution is -2.31. The summed E-state index contributed by atoms with van der Waals surface area (Å²) < 4.78 is 7.97. The summed E-state index contributed by atoms with van der Waals surface area (Å²) in [6.07, 6.45) is 5.90. The van der Waals surface area contributed by atoms with Crippen molar-refractivity contribution in [3.8, 4) is 0 Å². The summed E-state index contributed by atoms with van der Waals surface area (Å²) in [5.74, 6) is 1.25. The van der Waals surface area contributed by atoms with Crippen LogP contribution in [-0.2, 0) is 6.42 Å². The first-order chi connectivity index (χ1) is 14.6. The van der Waals surface area contributed by atoms with Crippen LogP contribution >= 0.6 is 11.6 Å². The third-order valence-electron chi connectivity index (χ3n) is 5.55. The molecule has 1 aromatic carbocycles. The molecule has 0 N–H and O–H groups in total. The van der Waals surface area contributed by atoms with Crippen LogP contribution in [0.1, 0.15) is 52.3 Å². The van der Waals surface area contributed by atoms with E-state index in [4.69, 9.17) is 16.0 Å². The number of aryl methyl sites for hydroxylation is 1. The number of hydrogen-bond acceptors (Lipinski definition) is 4. The van der Waals surface area contributed by atoms with Gasteiger partial charge in [-0.15, -0.1) is 0 Å². The van der Waals surface area contributed by atoms with Crippen LogP contribution in [0.4, 0.5) is 0 Å². The number of hydrogen-bond donors (Lipinski definition) is 0. The Labute approximate surface area is 179 Å². The second-order valence-electron chi connectivity index (χ2n) is 7.65. The van der Waals surface area contributed by atoms with Gasteiger partial charge in [-0.2, -0.15) is 0 Å². The van der Waals surface area contributed by atoms with E-state index in [9.17, 15) is 4.79 Å². The topological polar surface area (TPSA) is 63.6 Å². The number of nitrogens with zero attached hydrogens (tertiary/aromatic N) is 4. The molecule has 1 amide bonds. The van der Waals surface area contributed by atoms with Gasteiger partial charge < -0.3 is 13.7 Å². The molecule has 5 rings (SSSR count). The summed E-state index contributed by atoms with van der Waals surface area (Å²) in [5.41, 5.74) is 3.32. The first-order valence-corrected chi connectivity index (χ1v) is 10.4. The lowest BCUT2D eigenvalue weighted by Gasteiger charge is -2.21. The molecule has 1 aliphatic heterocycles. The fourth-order valence-corrected chi connectivity index (χ4v) is 4.28. The van der Waals surface area contributed by atoms with Gasteiger partial charge in [-0.3, -0.25) is 4.79 Å². The Morgan fingerprint density at radius 1 is 1.27 bits per heavy atom. The average molecular weight is 421 g/mol. The fourth-order valence-electron chi connectivity index (χ4n) is 4.07. The number of oxazole rings is 1. The van der Waals surface area contributed by atoms with Gasteiger partial charge in [0.25, 0.3) is 5.91 Å². The van der Waals surface area contributed by atoms with Gasteiger partial charge in [0.2, 0.25) is 5.89 Å². The molecule has 0 unspecified atom stereocenters. The zero-order valence-electron chi connectivity index (χ0n) is 16.6. The van der Waals surface area contributed by atoms with Crippen LogP contribution in [0.2, 0.25) is 5.02 Å². The van der Waals surface area contributed by atoms with E-state index in [1.54, 1.807) is 6.20 Å². The van der Waals surface area contributed by atoms with Crippen molar-refractivity contribution in [1.29, 1.82) is 0 Å². The van der Waals surface area contributed by atoms with Gasteiger partial charge in [0.1, 0.15) is 23.1 Å². The number of fused-ring (bicyclic) bond motifs is 1. The quantitative estimate of drug-likeness (QED) is 0.473. The van der Waals surface area contributed by atoms with E-state index in [-0.39, 0.29) is 11.9 Å². The minimum atomic E-state index is -0.170. The van der Waals surface area contributed by atoms with Crippen LogP contribution in [0.3, 0.4) is 0 Å². The van der Waals surface area contributed by atoms with Crippen molar-refractivity contribution < 1.29 is 9.21 Å². The molecule has 1 saturated heterocycles. The van der Waals surface area contributed by atoms with E-state index in [0.29, 0.717) is 29.6 Å². The van der Waals surface area contributed by atoms with Gasteiger partial charge in [0.05, 0.1) is 6.20 Å². The third-order valence-corrected chi connectivity index (χ3v) is 5.79. The highest BCUT2D eigenvalue weighted by atomic mass is 35.5. The van der Waals surface area contributed by atoms with Gasteiger partial charge in [0.15, 0.2) is 0 Å². The molecule has 0 bridgehead atoms. The van der Waals surface area contributed by atoms with Crippen LogP contribution in [0.25, 0.3) is 5.65 Å². The molecule has 6 nitrogen and oxygen atoms in total. The summed E-state index contributed by atoms with van der Waals surface area (Å²) >= 11 is 6.07. The maximum Gasteiger partial charge on any atom is 0.274 e. The van der Waals surface area contributed by atoms with Crippen molar-refractivity contribution >= 4 is 23.2 Å². The van der Waals surface area contributed by atoms with E-state index in [1.165, 1.54) is 0 Å². The number of aromatic nitrogens is 3. The number of rotatable bonds is 4. The number of carbonyl (C=O) groups excluding carboxylic acids is 1. The predicted molar refractivity (Wildman–Crippen MR) is 114 cm³/mol. The van der Waals surface area contributed by atoms with Crippen LogP contribution in [0.15, 0.2) is 59.3 Å². The number of halogens is 1. The molecule has 1 aliphatic rings. The number of imidazole rings is 1. The summed E-state index contributed by atoms with van der Waals surface area (Å²) in [6, 6.07) is 13.4. The Kier molecular flexibility index (Phi) is 4.79. The lowest BCUT2D eigenvalue weighted by molar-refractivity contribution is 0.0709. The molecule has 152 valence electrons. The molecule has 1 atom stereocenters. The van der Waals surface area contributed by atoms with Crippen LogP contribution in [-0.4, -0.2) is 31.7 Å². The Morgan fingerprint density at radius 3 is 2.97 bits per heavy atom. The van der Waals surface area contributed by atoms with E-state index in [2.05, 4.69) is 9.97 Å². The highest BCUT2D eigenvalue weighted by Crippen LogP contribution is 2.33. The molecule has 1 fully saturated rings. The summed E-state index contributed by atoms with van der Waals surface area (Å²) in [7, 11) is 0. The Bertz CT molecular complexity index is 1230. The van der Waals surface area contributed by atoms with Gasteiger partial charge in [-0.05, 0) is 49.6 Å². The maximum absolute atomic E-state index is 13.2. The summed E-state index contributed by atoms with van der Waals surface area (Å²) in [6.45, 7) is 2.66. The molecule has 30 heavy (non-hydrogen) atoms. The van der Waals surface area contributed by atoms with E-state index in [0.717, 1.165) is 35.5 Å². The number of likely N-dealkylation sites (tertiary alicyclic amines) is 1. The number of amides is 1. The molecular formula is C23H21ClN4O2. The Morgan fingerprint density at radius 2 is 2.13 bits per heavy atom. The molecule has 0 radical (unpaired) electrons. The third kappa shape index (κ3) is 3.48. The summed E-state index contributed by atoms with van der Waals surface area (Å²) in [4.78, 5) is 24.0. The fraction of sp³-hybridized carbons (Fsp3) is 0.261. The lowest BCUT2D eigenvalue weighted by atomic mass is 10.1.